The second-order valence-electron chi connectivity index (χ2n) is 2.80. The molecule has 0 radical (unpaired) electrons. The van der Waals surface area contributed by atoms with Crippen molar-refractivity contribution in [1.29, 1.82) is 0 Å². The van der Waals surface area contributed by atoms with Crippen LogP contribution in [-0.4, -0.2) is 45.9 Å². The minimum absolute atomic E-state index is 0.328. The highest BCUT2D eigenvalue weighted by molar-refractivity contribution is 7.60. The maximum absolute atomic E-state index is 11.1. The Kier molecular flexibility index (Phi) is 4.42. The average molecular weight is 262 g/mol. The molecular formula is C4H12N2O7P2. The lowest BCUT2D eigenvalue weighted by Crippen LogP contribution is -2.42. The third-order valence-corrected chi connectivity index (χ3v) is 3.62. The SMILES string of the molecule is O=P(O)(O)OP(=O)(O)ON1CCNCC1. The summed E-state index contributed by atoms with van der Waals surface area (Å²) in [6.45, 7) is 1.76. The molecule has 11 heteroatoms. The van der Waals surface area contributed by atoms with E-state index in [9.17, 15) is 9.13 Å². The highest BCUT2D eigenvalue weighted by atomic mass is 31.3. The van der Waals surface area contributed by atoms with Crippen LogP contribution in [0, 0.1) is 0 Å². The largest absolute Gasteiger partial charge is 0.497 e. The third-order valence-electron chi connectivity index (χ3n) is 1.50. The number of hydroxylamine groups is 2. The summed E-state index contributed by atoms with van der Waals surface area (Å²) in [4.78, 5) is 25.6. The van der Waals surface area contributed by atoms with Crippen LogP contribution >= 0.6 is 15.6 Å². The molecule has 1 aliphatic heterocycles. The van der Waals surface area contributed by atoms with E-state index >= 15 is 0 Å². The standard InChI is InChI=1S/C4H12N2O7P2/c7-14(8,9)13-15(10,11)12-6-3-1-5-2-4-6/h5H,1-4H2,(H,10,11)(H2,7,8,9). The Balaban J connectivity index is 2.47. The van der Waals surface area contributed by atoms with Crippen molar-refractivity contribution in [2.75, 3.05) is 26.2 Å². The predicted molar refractivity (Wildman–Crippen MR) is 48.5 cm³/mol. The van der Waals surface area contributed by atoms with Crippen molar-refractivity contribution >= 4 is 15.6 Å². The number of phosphoric acid groups is 2. The van der Waals surface area contributed by atoms with Crippen LogP contribution in [0.5, 0.6) is 0 Å². The number of hydrogen-bond donors (Lipinski definition) is 4. The molecule has 0 saturated carbocycles. The van der Waals surface area contributed by atoms with Crippen molar-refractivity contribution < 1.29 is 32.7 Å². The Hall–Kier alpha value is 0.180. The molecule has 1 fully saturated rings. The van der Waals surface area contributed by atoms with E-state index in [-0.39, 0.29) is 0 Å². The van der Waals surface area contributed by atoms with Gasteiger partial charge in [-0.2, -0.15) is 14.0 Å². The smallest absolute Gasteiger partial charge is 0.314 e. The first-order chi connectivity index (χ1) is 6.79. The van der Waals surface area contributed by atoms with Crippen LogP contribution in [0.1, 0.15) is 0 Å². The van der Waals surface area contributed by atoms with Gasteiger partial charge in [0.15, 0.2) is 0 Å². The first-order valence-electron chi connectivity index (χ1n) is 4.04. The molecule has 1 atom stereocenters. The van der Waals surface area contributed by atoms with Crippen molar-refractivity contribution in [2.24, 2.45) is 0 Å². The fourth-order valence-corrected chi connectivity index (χ4v) is 2.67. The zero-order chi connectivity index (χ0) is 11.5. The molecule has 1 unspecified atom stereocenters. The van der Waals surface area contributed by atoms with Crippen LogP contribution < -0.4 is 5.32 Å². The molecule has 0 spiro atoms. The Labute approximate surface area is 85.8 Å². The van der Waals surface area contributed by atoms with Crippen LogP contribution in [0.2, 0.25) is 0 Å². The van der Waals surface area contributed by atoms with E-state index in [1.54, 1.807) is 0 Å². The minimum atomic E-state index is -5.04. The molecule has 0 amide bonds. The van der Waals surface area contributed by atoms with E-state index in [4.69, 9.17) is 14.7 Å². The predicted octanol–water partition coefficient (Wildman–Crippen LogP) is -0.967. The van der Waals surface area contributed by atoms with Gasteiger partial charge in [0.2, 0.25) is 0 Å². The number of piperazine rings is 1. The first-order valence-corrected chi connectivity index (χ1v) is 7.06. The lowest BCUT2D eigenvalue weighted by molar-refractivity contribution is -0.0870. The minimum Gasteiger partial charge on any atom is -0.314 e. The van der Waals surface area contributed by atoms with E-state index in [1.165, 1.54) is 0 Å². The Bertz CT molecular complexity index is 297. The topological polar surface area (TPSA) is 129 Å². The molecule has 9 nitrogen and oxygen atoms in total. The molecule has 90 valence electrons. The van der Waals surface area contributed by atoms with Crippen molar-refractivity contribution in [2.45, 2.75) is 0 Å². The van der Waals surface area contributed by atoms with Gasteiger partial charge in [-0.3, -0.25) is 0 Å². The Morgan fingerprint density at radius 3 is 2.13 bits per heavy atom. The second kappa shape index (κ2) is 5.01. The van der Waals surface area contributed by atoms with Gasteiger partial charge in [0.1, 0.15) is 0 Å². The monoisotopic (exact) mass is 262 g/mol. The summed E-state index contributed by atoms with van der Waals surface area (Å²) in [5.74, 6) is 0. The summed E-state index contributed by atoms with van der Waals surface area (Å²) in [7, 11) is -9.78. The van der Waals surface area contributed by atoms with Crippen molar-refractivity contribution in [3.63, 3.8) is 0 Å². The van der Waals surface area contributed by atoms with Crippen LogP contribution in [0.25, 0.3) is 0 Å². The summed E-state index contributed by atoms with van der Waals surface area (Å²) in [6.07, 6.45) is 0. The van der Waals surface area contributed by atoms with Crippen molar-refractivity contribution in [3.05, 3.63) is 0 Å². The van der Waals surface area contributed by atoms with E-state index in [2.05, 4.69) is 14.3 Å². The molecule has 15 heavy (non-hydrogen) atoms. The third kappa shape index (κ3) is 5.72. The summed E-state index contributed by atoms with van der Waals surface area (Å²) < 4.78 is 29.4. The molecule has 0 aromatic heterocycles. The van der Waals surface area contributed by atoms with E-state index in [1.807, 2.05) is 0 Å². The van der Waals surface area contributed by atoms with Crippen molar-refractivity contribution in [3.8, 4) is 0 Å². The summed E-state index contributed by atoms with van der Waals surface area (Å²) in [5, 5.41) is 4.08. The summed E-state index contributed by atoms with van der Waals surface area (Å²) in [5.41, 5.74) is 0. The zero-order valence-electron chi connectivity index (χ0n) is 7.64. The first kappa shape index (κ1) is 13.2. The normalized spacial score (nSPS) is 23.7. The lowest BCUT2D eigenvalue weighted by Gasteiger charge is -2.27. The van der Waals surface area contributed by atoms with Crippen LogP contribution in [-0.2, 0) is 18.1 Å². The van der Waals surface area contributed by atoms with Gasteiger partial charge >= 0.3 is 15.6 Å². The van der Waals surface area contributed by atoms with Crippen molar-refractivity contribution in [1.82, 2.24) is 10.4 Å². The van der Waals surface area contributed by atoms with Gasteiger partial charge in [0, 0.05) is 26.2 Å². The fraction of sp³-hybridized carbons (Fsp3) is 1.00. The highest BCUT2D eigenvalue weighted by Crippen LogP contribution is 2.57. The van der Waals surface area contributed by atoms with Gasteiger partial charge < -0.3 is 20.0 Å². The fourth-order valence-electron chi connectivity index (χ4n) is 1.02. The van der Waals surface area contributed by atoms with Crippen LogP contribution in [0.4, 0.5) is 0 Å². The molecule has 1 heterocycles. The Morgan fingerprint density at radius 1 is 1.13 bits per heavy atom. The van der Waals surface area contributed by atoms with E-state index in [0.29, 0.717) is 26.2 Å². The molecule has 4 N–H and O–H groups in total. The molecule has 0 aliphatic carbocycles. The molecule has 0 bridgehead atoms. The summed E-state index contributed by atoms with van der Waals surface area (Å²) >= 11 is 0. The Morgan fingerprint density at radius 2 is 1.67 bits per heavy atom. The quantitative estimate of drug-likeness (QED) is 0.473. The van der Waals surface area contributed by atoms with Gasteiger partial charge in [0.25, 0.3) is 0 Å². The number of nitrogens with zero attached hydrogens (tertiary/aromatic N) is 1. The lowest BCUT2D eigenvalue weighted by atomic mass is 10.4. The van der Waals surface area contributed by atoms with E-state index in [0.717, 1.165) is 5.06 Å². The zero-order valence-corrected chi connectivity index (χ0v) is 9.43. The second-order valence-corrected chi connectivity index (χ2v) is 5.54. The maximum Gasteiger partial charge on any atom is 0.497 e. The molecule has 1 aliphatic rings. The number of nitrogens with one attached hydrogen (secondary N) is 1. The highest BCUT2D eigenvalue weighted by Gasteiger charge is 2.35. The van der Waals surface area contributed by atoms with E-state index < -0.39 is 15.6 Å². The van der Waals surface area contributed by atoms with Crippen LogP contribution in [0.3, 0.4) is 0 Å². The molecule has 0 aromatic rings. The summed E-state index contributed by atoms with van der Waals surface area (Å²) in [6, 6.07) is 0. The van der Waals surface area contributed by atoms with Gasteiger partial charge in [-0.15, -0.1) is 0 Å². The molecule has 1 rings (SSSR count). The van der Waals surface area contributed by atoms with Crippen LogP contribution in [0.15, 0.2) is 0 Å². The number of hydrogen-bond acceptors (Lipinski definition) is 6. The van der Waals surface area contributed by atoms with Gasteiger partial charge in [-0.05, 0) is 0 Å². The molecular weight excluding hydrogens is 250 g/mol. The molecule has 0 aromatic carbocycles. The molecule has 1 saturated heterocycles. The average Bonchev–Trinajstić information content (AvgIpc) is 1.99. The van der Waals surface area contributed by atoms with Gasteiger partial charge in [-0.25, -0.2) is 9.13 Å². The number of rotatable bonds is 4. The maximum atomic E-state index is 11.1. The van der Waals surface area contributed by atoms with Gasteiger partial charge in [0.05, 0.1) is 0 Å². The van der Waals surface area contributed by atoms with Gasteiger partial charge in [-0.1, -0.05) is 0 Å².